The lowest BCUT2D eigenvalue weighted by molar-refractivity contribution is 0.423. The van der Waals surface area contributed by atoms with Crippen LogP contribution in [-0.4, -0.2) is 0 Å². The summed E-state index contributed by atoms with van der Waals surface area (Å²) in [5.74, 6) is 0.752. The Kier molecular flexibility index (Phi) is 5.66. The van der Waals surface area contributed by atoms with Gasteiger partial charge >= 0.3 is 0 Å². The maximum absolute atomic E-state index is 6.52. The van der Waals surface area contributed by atoms with E-state index in [1.54, 1.807) is 6.07 Å². The van der Waals surface area contributed by atoms with Gasteiger partial charge in [0, 0.05) is 10.0 Å². The summed E-state index contributed by atoms with van der Waals surface area (Å²) in [5, 5.41) is 1.37. The molecule has 18 heavy (non-hydrogen) atoms. The molecule has 1 atom stereocenters. The molecule has 0 saturated heterocycles. The summed E-state index contributed by atoms with van der Waals surface area (Å²) in [6.45, 7) is 0. The molecule has 2 rings (SSSR count). The van der Waals surface area contributed by atoms with E-state index >= 15 is 0 Å². The molecule has 1 unspecified atom stereocenters. The predicted octanol–water partition coefficient (Wildman–Crippen LogP) is 6.63. The summed E-state index contributed by atoms with van der Waals surface area (Å²) >= 11 is 18.6. The van der Waals surface area contributed by atoms with Gasteiger partial charge in [0.1, 0.15) is 0 Å². The van der Waals surface area contributed by atoms with E-state index in [0.29, 0.717) is 10.0 Å². The van der Waals surface area contributed by atoms with E-state index < -0.39 is 0 Å². The Morgan fingerprint density at radius 1 is 1.06 bits per heavy atom. The van der Waals surface area contributed by atoms with Crippen LogP contribution in [0, 0.1) is 5.92 Å². The van der Waals surface area contributed by atoms with Crippen LogP contribution in [0.3, 0.4) is 0 Å². The number of halogens is 3. The maximum atomic E-state index is 6.52. The highest BCUT2D eigenvalue weighted by Crippen LogP contribution is 2.37. The van der Waals surface area contributed by atoms with Crippen molar-refractivity contribution in [1.82, 2.24) is 0 Å². The monoisotopic (exact) mass is 304 g/mol. The molecular formula is C15H19Cl3. The van der Waals surface area contributed by atoms with Gasteiger partial charge in [0.25, 0.3) is 0 Å². The van der Waals surface area contributed by atoms with Crippen LogP contribution in [0.25, 0.3) is 0 Å². The molecule has 0 radical (unpaired) electrons. The molecule has 0 heterocycles. The fourth-order valence-electron chi connectivity index (χ4n) is 2.77. The van der Waals surface area contributed by atoms with E-state index in [1.165, 1.54) is 38.5 Å². The Labute approximate surface area is 125 Å². The number of benzene rings is 1. The van der Waals surface area contributed by atoms with E-state index in [-0.39, 0.29) is 5.38 Å². The fourth-order valence-corrected chi connectivity index (χ4v) is 3.81. The number of alkyl halides is 1. The summed E-state index contributed by atoms with van der Waals surface area (Å²) < 4.78 is 0. The third-order valence-corrected chi connectivity index (χ3v) is 4.79. The van der Waals surface area contributed by atoms with Gasteiger partial charge in [0.2, 0.25) is 0 Å². The first-order chi connectivity index (χ1) is 8.66. The molecule has 1 aliphatic rings. The zero-order valence-corrected chi connectivity index (χ0v) is 12.7. The second kappa shape index (κ2) is 7.03. The van der Waals surface area contributed by atoms with Crippen LogP contribution in [0.1, 0.15) is 55.9 Å². The minimum Gasteiger partial charge on any atom is -0.118 e. The van der Waals surface area contributed by atoms with E-state index in [2.05, 4.69) is 0 Å². The first-order valence-corrected chi connectivity index (χ1v) is 7.95. The zero-order valence-electron chi connectivity index (χ0n) is 10.5. The molecule has 3 heteroatoms. The van der Waals surface area contributed by atoms with Gasteiger partial charge in [-0.15, -0.1) is 11.6 Å². The lowest BCUT2D eigenvalue weighted by Gasteiger charge is -2.19. The van der Waals surface area contributed by atoms with Crippen molar-refractivity contribution >= 4 is 34.8 Å². The van der Waals surface area contributed by atoms with Gasteiger partial charge in [-0.2, -0.15) is 0 Å². The summed E-state index contributed by atoms with van der Waals surface area (Å²) in [6, 6.07) is 5.60. The van der Waals surface area contributed by atoms with Crippen molar-refractivity contribution in [2.45, 2.75) is 50.3 Å². The van der Waals surface area contributed by atoms with Gasteiger partial charge < -0.3 is 0 Å². The largest absolute Gasteiger partial charge is 0.118 e. The van der Waals surface area contributed by atoms with Crippen molar-refractivity contribution in [2.24, 2.45) is 5.92 Å². The zero-order chi connectivity index (χ0) is 13.0. The van der Waals surface area contributed by atoms with Crippen molar-refractivity contribution < 1.29 is 0 Å². The van der Waals surface area contributed by atoms with Crippen LogP contribution in [-0.2, 0) is 0 Å². The van der Waals surface area contributed by atoms with Crippen LogP contribution in [0.2, 0.25) is 10.0 Å². The predicted molar refractivity (Wildman–Crippen MR) is 80.9 cm³/mol. The SMILES string of the molecule is Clc1ccc(C(Cl)CC2CCCCCC2)c(Cl)c1. The first kappa shape index (κ1) is 14.5. The molecule has 1 aromatic rings. The Balaban J connectivity index is 1.99. The normalized spacial score (nSPS) is 19.5. The van der Waals surface area contributed by atoms with Crippen molar-refractivity contribution in [3.8, 4) is 0 Å². The number of hydrogen-bond donors (Lipinski definition) is 0. The average Bonchev–Trinajstić information content (AvgIpc) is 2.57. The molecule has 1 aliphatic carbocycles. The molecule has 1 fully saturated rings. The maximum Gasteiger partial charge on any atom is 0.0602 e. The molecule has 0 spiro atoms. The molecule has 0 amide bonds. The van der Waals surface area contributed by atoms with Gasteiger partial charge in [0.15, 0.2) is 0 Å². The lowest BCUT2D eigenvalue weighted by atomic mass is 9.92. The van der Waals surface area contributed by atoms with Crippen LogP contribution >= 0.6 is 34.8 Å². The summed E-state index contributed by atoms with van der Waals surface area (Å²) in [4.78, 5) is 0. The second-order valence-electron chi connectivity index (χ2n) is 5.23. The Morgan fingerprint density at radius 3 is 2.33 bits per heavy atom. The van der Waals surface area contributed by atoms with Gasteiger partial charge in [-0.3, -0.25) is 0 Å². The topological polar surface area (TPSA) is 0 Å². The molecule has 0 nitrogen and oxygen atoms in total. The Bertz CT molecular complexity index is 381. The molecule has 1 aromatic carbocycles. The molecule has 1 saturated carbocycles. The first-order valence-electron chi connectivity index (χ1n) is 6.76. The van der Waals surface area contributed by atoms with Crippen molar-refractivity contribution in [3.63, 3.8) is 0 Å². The fraction of sp³-hybridized carbons (Fsp3) is 0.600. The third kappa shape index (κ3) is 4.05. The van der Waals surface area contributed by atoms with Crippen molar-refractivity contribution in [2.75, 3.05) is 0 Å². The smallest absolute Gasteiger partial charge is 0.0602 e. The highest BCUT2D eigenvalue weighted by atomic mass is 35.5. The van der Waals surface area contributed by atoms with Gasteiger partial charge in [-0.05, 0) is 30.0 Å². The highest BCUT2D eigenvalue weighted by molar-refractivity contribution is 6.35. The van der Waals surface area contributed by atoms with Crippen molar-refractivity contribution in [3.05, 3.63) is 33.8 Å². The number of hydrogen-bond acceptors (Lipinski definition) is 0. The minimum atomic E-state index is 0.0119. The summed E-state index contributed by atoms with van der Waals surface area (Å²) in [5.41, 5.74) is 1.02. The van der Waals surface area contributed by atoms with E-state index in [9.17, 15) is 0 Å². The molecule has 0 N–H and O–H groups in total. The molecule has 0 aliphatic heterocycles. The molecule has 0 bridgehead atoms. The van der Waals surface area contributed by atoms with Gasteiger partial charge in [-0.25, -0.2) is 0 Å². The van der Waals surface area contributed by atoms with E-state index in [1.807, 2.05) is 12.1 Å². The van der Waals surface area contributed by atoms with E-state index in [0.717, 1.165) is 17.9 Å². The van der Waals surface area contributed by atoms with Crippen molar-refractivity contribution in [1.29, 1.82) is 0 Å². The summed E-state index contributed by atoms with van der Waals surface area (Å²) in [7, 11) is 0. The van der Waals surface area contributed by atoms with Crippen LogP contribution < -0.4 is 0 Å². The van der Waals surface area contributed by atoms with Crippen LogP contribution in [0.5, 0.6) is 0 Å². The van der Waals surface area contributed by atoms with Gasteiger partial charge in [0.05, 0.1) is 5.38 Å². The Morgan fingerprint density at radius 2 is 1.72 bits per heavy atom. The third-order valence-electron chi connectivity index (χ3n) is 3.81. The van der Waals surface area contributed by atoms with E-state index in [4.69, 9.17) is 34.8 Å². The quantitative estimate of drug-likeness (QED) is 0.434. The average molecular weight is 306 g/mol. The lowest BCUT2D eigenvalue weighted by Crippen LogP contribution is -2.03. The Hall–Kier alpha value is 0.0900. The molecule has 100 valence electrons. The van der Waals surface area contributed by atoms with Gasteiger partial charge in [-0.1, -0.05) is 67.8 Å². The van der Waals surface area contributed by atoms with Crippen LogP contribution in [0.4, 0.5) is 0 Å². The number of rotatable bonds is 3. The molecular weight excluding hydrogens is 287 g/mol. The standard InChI is InChI=1S/C15H19Cl3/c16-12-7-8-13(15(18)10-12)14(17)9-11-5-3-1-2-4-6-11/h7-8,10-11,14H,1-6,9H2. The highest BCUT2D eigenvalue weighted by Gasteiger charge is 2.19. The molecule has 0 aromatic heterocycles. The second-order valence-corrected chi connectivity index (χ2v) is 6.60. The summed E-state index contributed by atoms with van der Waals surface area (Å²) in [6.07, 6.45) is 9.12. The minimum absolute atomic E-state index is 0.0119. The van der Waals surface area contributed by atoms with Crippen LogP contribution in [0.15, 0.2) is 18.2 Å².